The van der Waals surface area contributed by atoms with Gasteiger partial charge in [0, 0.05) is 15.7 Å². The number of benzene rings is 2. The minimum Gasteiger partial charge on any atom is -0.397 e. The average molecular weight is 271 g/mol. The van der Waals surface area contributed by atoms with E-state index in [2.05, 4.69) is 5.32 Å². The van der Waals surface area contributed by atoms with E-state index >= 15 is 0 Å². The summed E-state index contributed by atoms with van der Waals surface area (Å²) in [6.45, 7) is 0. The summed E-state index contributed by atoms with van der Waals surface area (Å²) in [4.78, 5) is 0. The molecule has 2 rings (SSSR count). The lowest BCUT2D eigenvalue weighted by Crippen LogP contribution is -1.96. The second-order valence-electron chi connectivity index (χ2n) is 3.51. The lowest BCUT2D eigenvalue weighted by Gasteiger charge is -2.10. The van der Waals surface area contributed by atoms with E-state index in [1.165, 1.54) is 12.1 Å². The van der Waals surface area contributed by atoms with Gasteiger partial charge in [-0.25, -0.2) is 4.39 Å². The highest BCUT2D eigenvalue weighted by Crippen LogP contribution is 2.28. The van der Waals surface area contributed by atoms with E-state index in [-0.39, 0.29) is 0 Å². The minimum atomic E-state index is -0.416. The standard InChI is InChI=1S/C12H9Cl2FN2/c13-7-1-2-11(16)12(5-7)17-10-4-8(14)3-9(15)6-10/h1-6,17H,16H2. The third kappa shape index (κ3) is 3.02. The molecule has 17 heavy (non-hydrogen) atoms. The fraction of sp³-hybridized carbons (Fsp3) is 0. The second-order valence-corrected chi connectivity index (χ2v) is 4.39. The van der Waals surface area contributed by atoms with Crippen molar-refractivity contribution in [2.24, 2.45) is 0 Å². The highest BCUT2D eigenvalue weighted by Gasteiger charge is 2.03. The molecule has 5 heteroatoms. The quantitative estimate of drug-likeness (QED) is 0.791. The molecule has 2 aromatic rings. The summed E-state index contributed by atoms with van der Waals surface area (Å²) in [6.07, 6.45) is 0. The summed E-state index contributed by atoms with van der Waals surface area (Å²) >= 11 is 11.6. The predicted octanol–water partition coefficient (Wildman–Crippen LogP) is 4.46. The number of nitrogen functional groups attached to an aromatic ring is 1. The van der Waals surface area contributed by atoms with Gasteiger partial charge in [-0.05, 0) is 36.4 Å². The van der Waals surface area contributed by atoms with E-state index in [9.17, 15) is 4.39 Å². The van der Waals surface area contributed by atoms with Gasteiger partial charge in [0.05, 0.1) is 11.4 Å². The van der Waals surface area contributed by atoms with Gasteiger partial charge < -0.3 is 11.1 Å². The van der Waals surface area contributed by atoms with E-state index in [0.717, 1.165) is 0 Å². The first-order valence-corrected chi connectivity index (χ1v) is 5.58. The van der Waals surface area contributed by atoms with Crippen molar-refractivity contribution >= 4 is 40.3 Å². The van der Waals surface area contributed by atoms with Crippen molar-refractivity contribution in [1.29, 1.82) is 0 Å². The van der Waals surface area contributed by atoms with Crippen molar-refractivity contribution in [1.82, 2.24) is 0 Å². The van der Waals surface area contributed by atoms with Crippen LogP contribution in [-0.4, -0.2) is 0 Å². The maximum atomic E-state index is 13.1. The van der Waals surface area contributed by atoms with E-state index in [1.54, 1.807) is 24.3 Å². The van der Waals surface area contributed by atoms with Gasteiger partial charge in [0.2, 0.25) is 0 Å². The smallest absolute Gasteiger partial charge is 0.126 e. The van der Waals surface area contributed by atoms with Crippen molar-refractivity contribution in [2.45, 2.75) is 0 Å². The summed E-state index contributed by atoms with van der Waals surface area (Å²) < 4.78 is 13.1. The third-order valence-electron chi connectivity index (χ3n) is 2.16. The molecule has 0 aromatic heterocycles. The number of rotatable bonds is 2. The number of nitrogens with one attached hydrogen (secondary N) is 1. The summed E-state index contributed by atoms with van der Waals surface area (Å²) in [5.41, 5.74) is 7.42. The Morgan fingerprint density at radius 1 is 1.00 bits per heavy atom. The fourth-order valence-electron chi connectivity index (χ4n) is 1.42. The summed E-state index contributed by atoms with van der Waals surface area (Å²) in [5, 5.41) is 3.82. The second kappa shape index (κ2) is 4.82. The Morgan fingerprint density at radius 2 is 1.76 bits per heavy atom. The number of halogens is 3. The molecule has 88 valence electrons. The minimum absolute atomic E-state index is 0.313. The molecule has 0 aliphatic heterocycles. The number of anilines is 3. The molecular formula is C12H9Cl2FN2. The van der Waals surface area contributed by atoms with Crippen LogP contribution in [0.5, 0.6) is 0 Å². The first kappa shape index (κ1) is 12.0. The van der Waals surface area contributed by atoms with Crippen LogP contribution in [0.15, 0.2) is 36.4 Å². The predicted molar refractivity (Wildman–Crippen MR) is 70.6 cm³/mol. The molecule has 0 bridgehead atoms. The van der Waals surface area contributed by atoms with Crippen molar-refractivity contribution in [3.05, 3.63) is 52.3 Å². The largest absolute Gasteiger partial charge is 0.397 e. The van der Waals surface area contributed by atoms with Crippen LogP contribution in [0.1, 0.15) is 0 Å². The van der Waals surface area contributed by atoms with Crippen LogP contribution < -0.4 is 11.1 Å². The first-order chi connectivity index (χ1) is 8.04. The van der Waals surface area contributed by atoms with Gasteiger partial charge in [-0.3, -0.25) is 0 Å². The summed E-state index contributed by atoms with van der Waals surface area (Å²) in [6, 6.07) is 9.17. The van der Waals surface area contributed by atoms with Gasteiger partial charge in [0.15, 0.2) is 0 Å². The van der Waals surface area contributed by atoms with Gasteiger partial charge in [0.1, 0.15) is 5.82 Å². The van der Waals surface area contributed by atoms with Gasteiger partial charge in [0.25, 0.3) is 0 Å². The van der Waals surface area contributed by atoms with Gasteiger partial charge >= 0.3 is 0 Å². The molecule has 0 unspecified atom stereocenters. The molecule has 0 fully saturated rings. The number of nitrogens with two attached hydrogens (primary N) is 1. The van der Waals surface area contributed by atoms with Crippen molar-refractivity contribution in [3.8, 4) is 0 Å². The number of hydrogen-bond acceptors (Lipinski definition) is 2. The molecule has 0 aliphatic carbocycles. The summed E-state index contributed by atoms with van der Waals surface area (Å²) in [5.74, 6) is -0.416. The third-order valence-corrected chi connectivity index (χ3v) is 2.61. The van der Waals surface area contributed by atoms with Crippen molar-refractivity contribution in [2.75, 3.05) is 11.1 Å². The molecule has 0 radical (unpaired) electrons. The zero-order valence-electron chi connectivity index (χ0n) is 8.68. The van der Waals surface area contributed by atoms with Crippen LogP contribution in [0.4, 0.5) is 21.5 Å². The molecule has 3 N–H and O–H groups in total. The van der Waals surface area contributed by atoms with Gasteiger partial charge in [-0.15, -0.1) is 0 Å². The molecule has 0 heterocycles. The molecule has 0 aliphatic rings. The molecule has 2 aromatic carbocycles. The molecule has 0 atom stereocenters. The molecule has 0 spiro atoms. The van der Waals surface area contributed by atoms with E-state index in [1.807, 2.05) is 0 Å². The Bertz CT molecular complexity index is 538. The summed E-state index contributed by atoms with van der Waals surface area (Å²) in [7, 11) is 0. The molecular weight excluding hydrogens is 262 g/mol. The van der Waals surface area contributed by atoms with Crippen LogP contribution in [0.3, 0.4) is 0 Å². The topological polar surface area (TPSA) is 38.0 Å². The lowest BCUT2D eigenvalue weighted by atomic mass is 10.2. The highest BCUT2D eigenvalue weighted by atomic mass is 35.5. The van der Waals surface area contributed by atoms with Crippen LogP contribution in [0.25, 0.3) is 0 Å². The molecule has 2 nitrogen and oxygen atoms in total. The Hall–Kier alpha value is -1.45. The zero-order chi connectivity index (χ0) is 12.4. The van der Waals surface area contributed by atoms with E-state index < -0.39 is 5.82 Å². The van der Waals surface area contributed by atoms with E-state index in [0.29, 0.717) is 27.1 Å². The Balaban J connectivity index is 2.34. The fourth-order valence-corrected chi connectivity index (χ4v) is 1.81. The number of hydrogen-bond donors (Lipinski definition) is 2. The molecule has 0 saturated heterocycles. The zero-order valence-corrected chi connectivity index (χ0v) is 10.2. The maximum Gasteiger partial charge on any atom is 0.126 e. The van der Waals surface area contributed by atoms with Crippen LogP contribution >= 0.6 is 23.2 Å². The van der Waals surface area contributed by atoms with Gasteiger partial charge in [-0.2, -0.15) is 0 Å². The lowest BCUT2D eigenvalue weighted by molar-refractivity contribution is 0.628. The Labute approximate surface area is 108 Å². The molecule has 0 saturated carbocycles. The van der Waals surface area contributed by atoms with Crippen molar-refractivity contribution < 1.29 is 4.39 Å². The maximum absolute atomic E-state index is 13.1. The Kier molecular flexibility index (Phi) is 3.41. The SMILES string of the molecule is Nc1ccc(Cl)cc1Nc1cc(F)cc(Cl)c1. The normalized spacial score (nSPS) is 10.3. The Morgan fingerprint density at radius 3 is 2.47 bits per heavy atom. The molecule has 0 amide bonds. The van der Waals surface area contributed by atoms with Crippen LogP contribution in [0.2, 0.25) is 10.0 Å². The highest BCUT2D eigenvalue weighted by molar-refractivity contribution is 6.31. The average Bonchev–Trinajstić information content (AvgIpc) is 2.22. The monoisotopic (exact) mass is 270 g/mol. The van der Waals surface area contributed by atoms with Gasteiger partial charge in [-0.1, -0.05) is 23.2 Å². The van der Waals surface area contributed by atoms with Crippen LogP contribution in [0, 0.1) is 5.82 Å². The van der Waals surface area contributed by atoms with Crippen LogP contribution in [-0.2, 0) is 0 Å². The first-order valence-electron chi connectivity index (χ1n) is 4.83. The van der Waals surface area contributed by atoms with Crippen molar-refractivity contribution in [3.63, 3.8) is 0 Å². The van der Waals surface area contributed by atoms with E-state index in [4.69, 9.17) is 28.9 Å².